The van der Waals surface area contributed by atoms with Crippen LogP contribution in [0.5, 0.6) is 5.75 Å². The zero-order valence-electron chi connectivity index (χ0n) is 13.4. The van der Waals surface area contributed by atoms with Gasteiger partial charge in [0.2, 0.25) is 0 Å². The summed E-state index contributed by atoms with van der Waals surface area (Å²) >= 11 is 12.5. The normalized spacial score (nSPS) is 10.2. The van der Waals surface area contributed by atoms with Crippen LogP contribution in [0.25, 0.3) is 11.1 Å². The van der Waals surface area contributed by atoms with Crippen LogP contribution in [0.2, 0.25) is 10.0 Å². The molecule has 25 heavy (non-hydrogen) atoms. The maximum absolute atomic E-state index is 6.38. The van der Waals surface area contributed by atoms with E-state index in [-0.39, 0.29) is 12.4 Å². The van der Waals surface area contributed by atoms with E-state index in [0.29, 0.717) is 23.2 Å². The fraction of sp³-hybridized carbons (Fsp3) is 0.100. The third-order valence-corrected chi connectivity index (χ3v) is 4.58. The molecular weight excluding hydrogens is 377 g/mol. The highest BCUT2D eigenvalue weighted by atomic mass is 35.5. The molecule has 0 saturated heterocycles. The van der Waals surface area contributed by atoms with E-state index in [0.717, 1.165) is 28.0 Å². The van der Waals surface area contributed by atoms with Gasteiger partial charge in [-0.2, -0.15) is 0 Å². The zero-order chi connectivity index (χ0) is 16.9. The van der Waals surface area contributed by atoms with Gasteiger partial charge in [0.1, 0.15) is 12.4 Å². The molecule has 2 nitrogen and oxygen atoms in total. The molecule has 0 aromatic heterocycles. The smallest absolute Gasteiger partial charge is 0.128 e. The second kappa shape index (κ2) is 9.12. The summed E-state index contributed by atoms with van der Waals surface area (Å²) in [4.78, 5) is 0. The van der Waals surface area contributed by atoms with Crippen molar-refractivity contribution in [3.05, 3.63) is 87.9 Å². The van der Waals surface area contributed by atoms with Gasteiger partial charge in [-0.25, -0.2) is 0 Å². The van der Waals surface area contributed by atoms with Crippen LogP contribution in [0.1, 0.15) is 11.1 Å². The van der Waals surface area contributed by atoms with Crippen molar-refractivity contribution in [2.24, 2.45) is 5.73 Å². The minimum atomic E-state index is 0. The molecule has 3 aromatic rings. The first-order valence-electron chi connectivity index (χ1n) is 7.63. The molecule has 0 radical (unpaired) electrons. The summed E-state index contributed by atoms with van der Waals surface area (Å²) in [7, 11) is 0. The summed E-state index contributed by atoms with van der Waals surface area (Å²) in [5.74, 6) is 0.742. The van der Waals surface area contributed by atoms with Crippen molar-refractivity contribution < 1.29 is 4.74 Å². The number of ether oxygens (including phenoxy) is 1. The van der Waals surface area contributed by atoms with Crippen LogP contribution >= 0.6 is 35.6 Å². The topological polar surface area (TPSA) is 35.2 Å². The number of rotatable bonds is 5. The van der Waals surface area contributed by atoms with Crippen molar-refractivity contribution in [3.63, 3.8) is 0 Å². The fourth-order valence-electron chi connectivity index (χ4n) is 2.48. The van der Waals surface area contributed by atoms with Crippen molar-refractivity contribution in [3.8, 4) is 16.9 Å². The van der Waals surface area contributed by atoms with Crippen molar-refractivity contribution >= 4 is 35.6 Å². The fourth-order valence-corrected chi connectivity index (χ4v) is 2.89. The lowest BCUT2D eigenvalue weighted by Gasteiger charge is -2.15. The summed E-state index contributed by atoms with van der Waals surface area (Å²) < 4.78 is 6.06. The SMILES string of the molecule is Cl.NCc1ccc(-c2cccc(Cl)c2Cl)c(OCc2ccccc2)c1. The summed E-state index contributed by atoms with van der Waals surface area (Å²) in [5, 5.41) is 1.04. The van der Waals surface area contributed by atoms with E-state index < -0.39 is 0 Å². The highest BCUT2D eigenvalue weighted by Crippen LogP contribution is 2.39. The summed E-state index contributed by atoms with van der Waals surface area (Å²) in [5.41, 5.74) is 9.60. The summed E-state index contributed by atoms with van der Waals surface area (Å²) in [6, 6.07) is 21.5. The Hall–Kier alpha value is -1.71. The van der Waals surface area contributed by atoms with Gasteiger partial charge in [-0.3, -0.25) is 0 Å². The Morgan fingerprint density at radius 2 is 1.56 bits per heavy atom. The Bertz CT molecular complexity index is 838. The minimum Gasteiger partial charge on any atom is -0.488 e. The zero-order valence-corrected chi connectivity index (χ0v) is 15.7. The first kappa shape index (κ1) is 19.6. The van der Waals surface area contributed by atoms with E-state index in [1.165, 1.54) is 0 Å². The van der Waals surface area contributed by atoms with Crippen molar-refractivity contribution in [2.75, 3.05) is 0 Å². The molecule has 3 aromatic carbocycles. The van der Waals surface area contributed by atoms with Crippen LogP contribution in [0.4, 0.5) is 0 Å². The predicted octanol–water partition coefficient (Wildman–Crippen LogP) is 6.12. The van der Waals surface area contributed by atoms with Crippen molar-refractivity contribution in [2.45, 2.75) is 13.2 Å². The molecule has 0 unspecified atom stereocenters. The lowest BCUT2D eigenvalue weighted by molar-refractivity contribution is 0.307. The van der Waals surface area contributed by atoms with Crippen molar-refractivity contribution in [1.29, 1.82) is 0 Å². The Kier molecular flexibility index (Phi) is 7.15. The second-order valence-electron chi connectivity index (χ2n) is 5.41. The first-order valence-corrected chi connectivity index (χ1v) is 8.38. The average Bonchev–Trinajstić information content (AvgIpc) is 2.63. The van der Waals surface area contributed by atoms with Gasteiger partial charge in [0.25, 0.3) is 0 Å². The van der Waals surface area contributed by atoms with E-state index in [1.54, 1.807) is 6.07 Å². The van der Waals surface area contributed by atoms with E-state index in [4.69, 9.17) is 33.7 Å². The largest absolute Gasteiger partial charge is 0.488 e. The molecule has 0 aliphatic rings. The van der Waals surface area contributed by atoms with Gasteiger partial charge >= 0.3 is 0 Å². The maximum atomic E-state index is 6.38. The maximum Gasteiger partial charge on any atom is 0.128 e. The quantitative estimate of drug-likeness (QED) is 0.566. The highest BCUT2D eigenvalue weighted by Gasteiger charge is 2.13. The van der Waals surface area contributed by atoms with Crippen LogP contribution in [0, 0.1) is 0 Å². The monoisotopic (exact) mass is 393 g/mol. The van der Waals surface area contributed by atoms with Gasteiger partial charge in [-0.15, -0.1) is 12.4 Å². The average molecular weight is 395 g/mol. The van der Waals surface area contributed by atoms with Gasteiger partial charge in [0.15, 0.2) is 0 Å². The van der Waals surface area contributed by atoms with Gasteiger partial charge < -0.3 is 10.5 Å². The van der Waals surface area contributed by atoms with Gasteiger partial charge in [-0.05, 0) is 23.3 Å². The van der Waals surface area contributed by atoms with E-state index in [2.05, 4.69) is 0 Å². The molecule has 0 saturated carbocycles. The van der Waals surface area contributed by atoms with E-state index in [1.807, 2.05) is 60.7 Å². The minimum absolute atomic E-state index is 0. The van der Waals surface area contributed by atoms with Gasteiger partial charge in [0.05, 0.1) is 10.0 Å². The van der Waals surface area contributed by atoms with Gasteiger partial charge in [0, 0.05) is 17.7 Å². The molecule has 0 heterocycles. The van der Waals surface area contributed by atoms with E-state index >= 15 is 0 Å². The van der Waals surface area contributed by atoms with Gasteiger partial charge in [-0.1, -0.05) is 77.8 Å². The molecule has 0 atom stereocenters. The molecule has 0 amide bonds. The van der Waals surface area contributed by atoms with Crippen LogP contribution in [0.15, 0.2) is 66.7 Å². The summed E-state index contributed by atoms with van der Waals surface area (Å²) in [6.45, 7) is 0.922. The molecule has 130 valence electrons. The molecule has 5 heteroatoms. The number of nitrogens with two attached hydrogens (primary N) is 1. The molecular formula is C20H18Cl3NO. The first-order chi connectivity index (χ1) is 11.7. The van der Waals surface area contributed by atoms with Crippen LogP contribution in [-0.2, 0) is 13.2 Å². The lowest BCUT2D eigenvalue weighted by atomic mass is 10.0. The molecule has 2 N–H and O–H groups in total. The number of halogens is 3. The Balaban J connectivity index is 0.00000225. The Labute approximate surface area is 163 Å². The predicted molar refractivity (Wildman–Crippen MR) is 108 cm³/mol. The van der Waals surface area contributed by atoms with Crippen LogP contribution in [0.3, 0.4) is 0 Å². The van der Waals surface area contributed by atoms with Crippen molar-refractivity contribution in [1.82, 2.24) is 0 Å². The number of hydrogen-bond donors (Lipinski definition) is 1. The summed E-state index contributed by atoms with van der Waals surface area (Å²) in [6.07, 6.45) is 0. The number of hydrogen-bond acceptors (Lipinski definition) is 2. The molecule has 0 fully saturated rings. The second-order valence-corrected chi connectivity index (χ2v) is 6.20. The lowest BCUT2D eigenvalue weighted by Crippen LogP contribution is -2.01. The molecule has 0 aliphatic carbocycles. The van der Waals surface area contributed by atoms with E-state index in [9.17, 15) is 0 Å². The third-order valence-electron chi connectivity index (χ3n) is 3.76. The standard InChI is InChI=1S/C20H17Cl2NO.ClH/c21-18-8-4-7-17(20(18)22)16-10-9-15(12-23)11-19(16)24-13-14-5-2-1-3-6-14;/h1-11H,12-13,23H2;1H. The molecule has 3 rings (SSSR count). The third kappa shape index (κ3) is 4.68. The van der Waals surface area contributed by atoms with Crippen LogP contribution in [-0.4, -0.2) is 0 Å². The molecule has 0 aliphatic heterocycles. The Morgan fingerprint density at radius 3 is 2.28 bits per heavy atom. The highest BCUT2D eigenvalue weighted by molar-refractivity contribution is 6.43. The molecule has 0 bridgehead atoms. The molecule has 0 spiro atoms. The Morgan fingerprint density at radius 1 is 0.800 bits per heavy atom. The van der Waals surface area contributed by atoms with Crippen LogP contribution < -0.4 is 10.5 Å². The number of benzene rings is 3.